The van der Waals surface area contributed by atoms with Crippen LogP contribution in [0, 0.1) is 0 Å². The number of nitrogens with zero attached hydrogens (tertiary/aromatic N) is 2. The molecule has 0 aliphatic heterocycles. The third-order valence-corrected chi connectivity index (χ3v) is 4.64. The lowest BCUT2D eigenvalue weighted by Gasteiger charge is -2.08. The van der Waals surface area contributed by atoms with E-state index < -0.39 is 11.9 Å². The first-order valence-corrected chi connectivity index (χ1v) is 9.22. The van der Waals surface area contributed by atoms with Crippen LogP contribution >= 0.6 is 23.6 Å². The van der Waals surface area contributed by atoms with E-state index in [0.29, 0.717) is 33.7 Å². The number of rotatable bonds is 6. The van der Waals surface area contributed by atoms with Gasteiger partial charge in [-0.2, -0.15) is 5.10 Å². The maximum absolute atomic E-state index is 11.7. The summed E-state index contributed by atoms with van der Waals surface area (Å²) in [6.07, 6.45) is 3.32. The Morgan fingerprint density at radius 3 is 2.75 bits per heavy atom. The normalized spacial score (nSPS) is 10.4. The molecule has 0 fully saturated rings. The molecule has 9 nitrogen and oxygen atoms in total. The molecule has 11 heteroatoms. The Bertz CT molecular complexity index is 1010. The number of thiocarbonyl (C=S) groups is 1. The predicted molar refractivity (Wildman–Crippen MR) is 107 cm³/mol. The highest BCUT2D eigenvalue weighted by molar-refractivity contribution is 7.80. The van der Waals surface area contributed by atoms with Gasteiger partial charge in [0.15, 0.2) is 5.11 Å². The predicted octanol–water partition coefficient (Wildman–Crippen LogP) is 2.97. The van der Waals surface area contributed by atoms with E-state index in [0.717, 1.165) is 0 Å². The molecule has 0 aliphatic carbocycles. The monoisotopic (exact) mass is 420 g/mol. The van der Waals surface area contributed by atoms with Crippen molar-refractivity contribution in [3.63, 3.8) is 0 Å². The lowest BCUT2D eigenvalue weighted by atomic mass is 10.4. The van der Waals surface area contributed by atoms with Crippen LogP contribution in [0.4, 0.5) is 11.4 Å². The molecule has 3 aromatic heterocycles. The van der Waals surface area contributed by atoms with Crippen LogP contribution in [0.15, 0.2) is 40.4 Å². The molecule has 0 bridgehead atoms. The maximum Gasteiger partial charge on any atom is 0.373 e. The van der Waals surface area contributed by atoms with E-state index >= 15 is 0 Å². The van der Waals surface area contributed by atoms with Crippen LogP contribution < -0.4 is 10.6 Å². The molecule has 0 atom stereocenters. The quantitative estimate of drug-likeness (QED) is 0.459. The Balaban J connectivity index is 1.59. The lowest BCUT2D eigenvalue weighted by Crippen LogP contribution is -2.19. The van der Waals surface area contributed by atoms with Gasteiger partial charge in [-0.05, 0) is 35.8 Å². The molecule has 0 saturated carbocycles. The van der Waals surface area contributed by atoms with E-state index in [-0.39, 0.29) is 5.76 Å². The van der Waals surface area contributed by atoms with Gasteiger partial charge in [0, 0.05) is 6.20 Å². The third kappa shape index (κ3) is 4.56. The van der Waals surface area contributed by atoms with Gasteiger partial charge in [-0.3, -0.25) is 4.68 Å². The van der Waals surface area contributed by atoms with E-state index in [1.54, 1.807) is 40.7 Å². The summed E-state index contributed by atoms with van der Waals surface area (Å²) in [5, 5.41) is 12.2. The van der Waals surface area contributed by atoms with Crippen LogP contribution in [-0.2, 0) is 16.0 Å². The zero-order chi connectivity index (χ0) is 20.1. The molecule has 0 unspecified atom stereocenters. The smallest absolute Gasteiger partial charge is 0.373 e. The Morgan fingerprint density at radius 1 is 1.21 bits per heavy atom. The second-order valence-electron chi connectivity index (χ2n) is 5.42. The van der Waals surface area contributed by atoms with Crippen LogP contribution in [0.25, 0.3) is 0 Å². The second-order valence-corrected chi connectivity index (χ2v) is 6.74. The van der Waals surface area contributed by atoms with Crippen molar-refractivity contribution in [2.24, 2.45) is 0 Å². The third-order valence-electron chi connectivity index (χ3n) is 3.54. The molecule has 3 aromatic rings. The van der Waals surface area contributed by atoms with Crippen molar-refractivity contribution < 1.29 is 23.5 Å². The zero-order valence-corrected chi connectivity index (χ0v) is 16.6. The highest BCUT2D eigenvalue weighted by atomic mass is 32.1. The Labute approximate surface area is 169 Å². The van der Waals surface area contributed by atoms with E-state index in [1.807, 2.05) is 0 Å². The van der Waals surface area contributed by atoms with Gasteiger partial charge in [-0.25, -0.2) is 9.59 Å². The van der Waals surface area contributed by atoms with Crippen molar-refractivity contribution in [3.05, 3.63) is 52.4 Å². The number of anilines is 2. The average molecular weight is 420 g/mol. The summed E-state index contributed by atoms with van der Waals surface area (Å²) in [4.78, 5) is 23.6. The first-order valence-electron chi connectivity index (χ1n) is 7.93. The number of furan rings is 1. The average Bonchev–Trinajstić information content (AvgIpc) is 3.42. The first-order chi connectivity index (χ1) is 13.5. The molecule has 3 heterocycles. The number of carbonyl (C=O) groups is 2. The van der Waals surface area contributed by atoms with Crippen molar-refractivity contribution in [1.82, 2.24) is 9.78 Å². The SMILES string of the molecule is COC(=O)c1ccc(Cn2cc(NC(=S)Nc3ccsc3C(=O)OC)cn2)o1. The topological polar surface area (TPSA) is 108 Å². The minimum atomic E-state index is -0.537. The minimum Gasteiger partial charge on any atom is -0.465 e. The number of aromatic nitrogens is 2. The van der Waals surface area contributed by atoms with Crippen LogP contribution in [0.1, 0.15) is 26.0 Å². The van der Waals surface area contributed by atoms with Crippen LogP contribution in [0.2, 0.25) is 0 Å². The molecule has 0 spiro atoms. The van der Waals surface area contributed by atoms with Crippen LogP contribution in [-0.4, -0.2) is 41.1 Å². The number of methoxy groups -OCH3 is 2. The van der Waals surface area contributed by atoms with E-state index in [4.69, 9.17) is 21.4 Å². The summed E-state index contributed by atoms with van der Waals surface area (Å²) in [5.41, 5.74) is 1.21. The molecule has 146 valence electrons. The molecule has 0 radical (unpaired) electrons. The summed E-state index contributed by atoms with van der Waals surface area (Å²) in [7, 11) is 2.61. The second kappa shape index (κ2) is 8.67. The lowest BCUT2D eigenvalue weighted by molar-refractivity contribution is 0.0561. The molecule has 2 N–H and O–H groups in total. The van der Waals surface area contributed by atoms with Gasteiger partial charge < -0.3 is 24.5 Å². The largest absolute Gasteiger partial charge is 0.465 e. The first kappa shape index (κ1) is 19.6. The maximum atomic E-state index is 11.7. The summed E-state index contributed by atoms with van der Waals surface area (Å²) in [5.74, 6) is -0.287. The highest BCUT2D eigenvalue weighted by Gasteiger charge is 2.15. The Hall–Kier alpha value is -3.18. The van der Waals surface area contributed by atoms with Gasteiger partial charge in [0.2, 0.25) is 5.76 Å². The van der Waals surface area contributed by atoms with Crippen LogP contribution in [0.3, 0.4) is 0 Å². The molecule has 0 aliphatic rings. The summed E-state index contributed by atoms with van der Waals surface area (Å²) >= 11 is 6.53. The van der Waals surface area contributed by atoms with Crippen molar-refractivity contribution in [2.45, 2.75) is 6.54 Å². The highest BCUT2D eigenvalue weighted by Crippen LogP contribution is 2.23. The fraction of sp³-hybridized carbons (Fsp3) is 0.176. The number of nitrogens with one attached hydrogen (secondary N) is 2. The van der Waals surface area contributed by atoms with Crippen LogP contribution in [0.5, 0.6) is 0 Å². The van der Waals surface area contributed by atoms with E-state index in [9.17, 15) is 9.59 Å². The molecule has 3 rings (SSSR count). The minimum absolute atomic E-state index is 0.130. The number of hydrogen-bond donors (Lipinski definition) is 2. The van der Waals surface area contributed by atoms with Gasteiger partial charge in [0.1, 0.15) is 10.6 Å². The molecule has 0 amide bonds. The number of ether oxygens (including phenoxy) is 2. The molecular weight excluding hydrogens is 404 g/mol. The van der Waals surface area contributed by atoms with E-state index in [1.165, 1.54) is 25.6 Å². The number of hydrogen-bond acceptors (Lipinski definition) is 8. The van der Waals surface area contributed by atoms with Gasteiger partial charge in [-0.1, -0.05) is 0 Å². The molecule has 28 heavy (non-hydrogen) atoms. The standard InChI is InChI=1S/C17H16N4O5S2/c1-24-15(22)13-4-3-11(26-13)9-21-8-10(7-18-21)19-17(27)20-12-5-6-28-14(12)16(23)25-2/h3-8H,9H2,1-2H3,(H2,19,20,27). The fourth-order valence-corrected chi connectivity index (χ4v) is 3.28. The molecule has 0 saturated heterocycles. The molecule has 0 aromatic carbocycles. The number of thiophene rings is 1. The summed E-state index contributed by atoms with van der Waals surface area (Å²) in [6, 6.07) is 4.96. The summed E-state index contributed by atoms with van der Waals surface area (Å²) in [6.45, 7) is 0.329. The van der Waals surface area contributed by atoms with Gasteiger partial charge in [-0.15, -0.1) is 11.3 Å². The van der Waals surface area contributed by atoms with E-state index in [2.05, 4.69) is 20.5 Å². The zero-order valence-electron chi connectivity index (χ0n) is 14.9. The van der Waals surface area contributed by atoms with Crippen molar-refractivity contribution in [1.29, 1.82) is 0 Å². The number of carbonyl (C=O) groups excluding carboxylic acids is 2. The molecular formula is C17H16N4O5S2. The van der Waals surface area contributed by atoms with Gasteiger partial charge in [0.05, 0.1) is 38.3 Å². The Kier molecular flexibility index (Phi) is 6.06. The summed E-state index contributed by atoms with van der Waals surface area (Å²) < 4.78 is 16.4. The Morgan fingerprint density at radius 2 is 2.00 bits per heavy atom. The number of esters is 2. The van der Waals surface area contributed by atoms with Gasteiger partial charge >= 0.3 is 11.9 Å². The van der Waals surface area contributed by atoms with Crippen molar-refractivity contribution >= 4 is 52.0 Å². The van der Waals surface area contributed by atoms with Gasteiger partial charge in [0.25, 0.3) is 0 Å². The fourth-order valence-electron chi connectivity index (χ4n) is 2.29. The van der Waals surface area contributed by atoms with Crippen molar-refractivity contribution in [3.8, 4) is 0 Å². The van der Waals surface area contributed by atoms with Crippen molar-refractivity contribution in [2.75, 3.05) is 24.9 Å².